The van der Waals surface area contributed by atoms with E-state index < -0.39 is 16.1 Å². The molecule has 2 amide bonds. The van der Waals surface area contributed by atoms with Gasteiger partial charge < -0.3 is 10.6 Å². The summed E-state index contributed by atoms with van der Waals surface area (Å²) in [5, 5.41) is 5.58. The Labute approximate surface area is 183 Å². The topological polar surface area (TPSA) is 104 Å². The summed E-state index contributed by atoms with van der Waals surface area (Å²) in [5.41, 5.74) is 1.70. The largest absolute Gasteiger partial charge is 0.340 e. The molecule has 3 rings (SSSR count). The van der Waals surface area contributed by atoms with E-state index in [9.17, 15) is 18.0 Å². The Hall–Kier alpha value is -2.71. The van der Waals surface area contributed by atoms with Crippen LogP contribution in [0.15, 0.2) is 53.4 Å². The zero-order valence-corrected chi connectivity index (χ0v) is 18.8. The lowest BCUT2D eigenvalue weighted by Gasteiger charge is -2.21. The predicted octanol–water partition coefficient (Wildman–Crippen LogP) is 3.22. The summed E-state index contributed by atoms with van der Waals surface area (Å²) >= 11 is 0. The molecule has 7 nitrogen and oxygen atoms in total. The maximum absolute atomic E-state index is 13.0. The first-order valence-corrected chi connectivity index (χ1v) is 11.9. The van der Waals surface area contributed by atoms with Gasteiger partial charge in [0.25, 0.3) is 5.91 Å². The molecular weight excluding hydrogens is 414 g/mol. The molecule has 0 saturated heterocycles. The molecule has 166 valence electrons. The van der Waals surface area contributed by atoms with E-state index in [1.165, 1.54) is 12.1 Å². The highest BCUT2D eigenvalue weighted by molar-refractivity contribution is 7.89. The number of sulfonamides is 1. The van der Waals surface area contributed by atoms with E-state index in [1.807, 2.05) is 32.9 Å². The smallest absolute Gasteiger partial charge is 0.252 e. The quantitative estimate of drug-likeness (QED) is 0.553. The van der Waals surface area contributed by atoms with E-state index >= 15 is 0 Å². The van der Waals surface area contributed by atoms with Gasteiger partial charge in [-0.25, -0.2) is 13.1 Å². The molecule has 2 aromatic rings. The molecule has 3 N–H and O–H groups in total. The van der Waals surface area contributed by atoms with E-state index in [2.05, 4.69) is 15.4 Å². The second-order valence-electron chi connectivity index (χ2n) is 8.38. The van der Waals surface area contributed by atoms with E-state index in [0.717, 1.165) is 18.4 Å². The minimum Gasteiger partial charge on any atom is -0.340 e. The molecule has 0 bridgehead atoms. The van der Waals surface area contributed by atoms with Crippen molar-refractivity contribution in [1.82, 2.24) is 10.0 Å². The Morgan fingerprint density at radius 2 is 1.77 bits per heavy atom. The third-order valence-electron chi connectivity index (χ3n) is 5.03. The van der Waals surface area contributed by atoms with Crippen molar-refractivity contribution in [3.8, 4) is 0 Å². The number of carbonyl (C=O) groups excluding carboxylic acids is 2. The number of hydrogen-bond acceptors (Lipinski definition) is 4. The molecule has 0 aromatic heterocycles. The summed E-state index contributed by atoms with van der Waals surface area (Å²) in [5.74, 6) is -0.536. The Morgan fingerprint density at radius 1 is 1.06 bits per heavy atom. The number of aryl methyl sites for hydroxylation is 1. The molecule has 1 aliphatic rings. The van der Waals surface area contributed by atoms with Gasteiger partial charge in [-0.1, -0.05) is 38.1 Å². The molecule has 0 radical (unpaired) electrons. The van der Waals surface area contributed by atoms with Gasteiger partial charge in [0.05, 0.1) is 4.90 Å². The van der Waals surface area contributed by atoms with Crippen molar-refractivity contribution in [2.75, 3.05) is 5.32 Å². The van der Waals surface area contributed by atoms with E-state index in [4.69, 9.17) is 0 Å². The summed E-state index contributed by atoms with van der Waals surface area (Å²) in [6, 6.07) is 12.6. The number of hydrogen-bond donors (Lipinski definition) is 3. The van der Waals surface area contributed by atoms with Crippen LogP contribution in [0.25, 0.3) is 0 Å². The van der Waals surface area contributed by atoms with Crippen LogP contribution in [0.4, 0.5) is 5.69 Å². The SMILES string of the molecule is Cc1ccccc1C(=O)NC(CC(C)C)C(=O)Nc1cccc(S(=O)(=O)NC2CC2)c1. The maximum atomic E-state index is 13.0. The molecule has 0 heterocycles. The number of nitrogens with one attached hydrogen (secondary N) is 3. The van der Waals surface area contributed by atoms with Crippen LogP contribution in [0.3, 0.4) is 0 Å². The molecule has 0 aliphatic heterocycles. The van der Waals surface area contributed by atoms with E-state index in [1.54, 1.807) is 24.3 Å². The van der Waals surface area contributed by atoms with E-state index in [0.29, 0.717) is 17.7 Å². The molecule has 2 aromatic carbocycles. The van der Waals surface area contributed by atoms with Crippen LogP contribution in [-0.2, 0) is 14.8 Å². The lowest BCUT2D eigenvalue weighted by Crippen LogP contribution is -2.44. The van der Waals surface area contributed by atoms with Crippen molar-refractivity contribution in [2.24, 2.45) is 5.92 Å². The Bertz CT molecular complexity index is 1060. The fourth-order valence-electron chi connectivity index (χ4n) is 3.23. The Morgan fingerprint density at radius 3 is 2.42 bits per heavy atom. The van der Waals surface area contributed by atoms with Gasteiger partial charge in [0.1, 0.15) is 6.04 Å². The zero-order valence-electron chi connectivity index (χ0n) is 18.0. The van der Waals surface area contributed by atoms with Crippen molar-refractivity contribution in [2.45, 2.75) is 57.0 Å². The monoisotopic (exact) mass is 443 g/mol. The number of carbonyl (C=O) groups is 2. The van der Waals surface area contributed by atoms with Crippen LogP contribution in [0, 0.1) is 12.8 Å². The van der Waals surface area contributed by atoms with Crippen molar-refractivity contribution in [3.05, 3.63) is 59.7 Å². The van der Waals surface area contributed by atoms with Crippen LogP contribution in [0.5, 0.6) is 0 Å². The molecule has 31 heavy (non-hydrogen) atoms. The minimum absolute atomic E-state index is 0.00433. The molecule has 8 heteroatoms. The average Bonchev–Trinajstić information content (AvgIpc) is 3.51. The normalized spacial score (nSPS) is 14.8. The molecule has 1 atom stereocenters. The van der Waals surface area contributed by atoms with Crippen molar-refractivity contribution < 1.29 is 18.0 Å². The zero-order chi connectivity index (χ0) is 22.6. The van der Waals surface area contributed by atoms with Crippen LogP contribution >= 0.6 is 0 Å². The highest BCUT2D eigenvalue weighted by Gasteiger charge is 2.28. The van der Waals surface area contributed by atoms with Crippen LogP contribution in [-0.4, -0.2) is 32.3 Å². The number of rotatable bonds is 9. The van der Waals surface area contributed by atoms with Gasteiger partial charge in [0.2, 0.25) is 15.9 Å². The summed E-state index contributed by atoms with van der Waals surface area (Å²) in [6.45, 7) is 5.78. The van der Waals surface area contributed by atoms with Gasteiger partial charge in [0.15, 0.2) is 0 Å². The summed E-state index contributed by atoms with van der Waals surface area (Å²) in [6.07, 6.45) is 2.13. The second-order valence-corrected chi connectivity index (χ2v) is 10.1. The number of amides is 2. The van der Waals surface area contributed by atoms with Gasteiger partial charge in [-0.3, -0.25) is 9.59 Å². The standard InChI is InChI=1S/C23H29N3O4S/c1-15(2)13-21(25-22(27)20-10-5-4-7-16(20)3)23(28)24-18-8-6-9-19(14-18)31(29,30)26-17-11-12-17/h4-10,14-15,17,21,26H,11-13H2,1-3H3,(H,24,28)(H,25,27). The van der Waals surface area contributed by atoms with Gasteiger partial charge >= 0.3 is 0 Å². The van der Waals surface area contributed by atoms with Crippen LogP contribution in [0.1, 0.15) is 49.0 Å². The predicted molar refractivity (Wildman–Crippen MR) is 120 cm³/mol. The first-order valence-electron chi connectivity index (χ1n) is 10.5. The Kier molecular flexibility index (Phi) is 7.12. The fraction of sp³-hybridized carbons (Fsp3) is 0.391. The third kappa shape index (κ3) is 6.38. The molecule has 1 saturated carbocycles. The van der Waals surface area contributed by atoms with E-state index in [-0.39, 0.29) is 28.7 Å². The Balaban J connectivity index is 1.74. The maximum Gasteiger partial charge on any atom is 0.252 e. The second kappa shape index (κ2) is 9.62. The lowest BCUT2D eigenvalue weighted by atomic mass is 10.0. The molecule has 1 unspecified atom stereocenters. The highest BCUT2D eigenvalue weighted by atomic mass is 32.2. The van der Waals surface area contributed by atoms with Crippen LogP contribution in [0.2, 0.25) is 0 Å². The minimum atomic E-state index is -3.63. The summed E-state index contributed by atoms with van der Waals surface area (Å²) < 4.78 is 27.5. The lowest BCUT2D eigenvalue weighted by molar-refractivity contribution is -0.118. The molecule has 0 spiro atoms. The van der Waals surface area contributed by atoms with Gasteiger partial charge in [-0.05, 0) is 61.9 Å². The van der Waals surface area contributed by atoms with Gasteiger partial charge in [0, 0.05) is 17.3 Å². The highest BCUT2D eigenvalue weighted by Crippen LogP contribution is 2.23. The van der Waals surface area contributed by atoms with Gasteiger partial charge in [-0.2, -0.15) is 0 Å². The van der Waals surface area contributed by atoms with Gasteiger partial charge in [-0.15, -0.1) is 0 Å². The number of benzene rings is 2. The number of anilines is 1. The third-order valence-corrected chi connectivity index (χ3v) is 6.55. The average molecular weight is 444 g/mol. The first kappa shape index (κ1) is 23.0. The van der Waals surface area contributed by atoms with Crippen molar-refractivity contribution in [1.29, 1.82) is 0 Å². The fourth-order valence-corrected chi connectivity index (χ4v) is 4.58. The molecular formula is C23H29N3O4S. The van der Waals surface area contributed by atoms with Crippen LogP contribution < -0.4 is 15.4 Å². The first-order chi connectivity index (χ1) is 14.7. The molecule has 1 aliphatic carbocycles. The summed E-state index contributed by atoms with van der Waals surface area (Å²) in [7, 11) is -3.63. The van der Waals surface area contributed by atoms with Crippen molar-refractivity contribution >= 4 is 27.5 Å². The van der Waals surface area contributed by atoms with Crippen molar-refractivity contribution in [3.63, 3.8) is 0 Å². The molecule has 1 fully saturated rings. The summed E-state index contributed by atoms with van der Waals surface area (Å²) in [4.78, 5) is 25.8.